The highest BCUT2D eigenvalue weighted by molar-refractivity contribution is 5.63. The van der Waals surface area contributed by atoms with Crippen LogP contribution in [0.15, 0.2) is 22.7 Å². The van der Waals surface area contributed by atoms with Gasteiger partial charge in [-0.05, 0) is 12.1 Å². The number of aromatic nitrogens is 1. The van der Waals surface area contributed by atoms with Crippen LogP contribution in [0.4, 0.5) is 8.78 Å². The summed E-state index contributed by atoms with van der Waals surface area (Å²) in [6, 6.07) is 3.41. The molecule has 16 heavy (non-hydrogen) atoms. The van der Waals surface area contributed by atoms with Crippen LogP contribution in [-0.4, -0.2) is 5.16 Å². The molecule has 1 aliphatic heterocycles. The Bertz CT molecular complexity index is 551. The predicted octanol–water partition coefficient (Wildman–Crippen LogP) is 2.22. The SMILES string of the molecule is Fc1ccc(-c2onc3c2CNC3)c(F)c1. The second kappa shape index (κ2) is 3.38. The topological polar surface area (TPSA) is 38.1 Å². The second-order valence-electron chi connectivity index (χ2n) is 3.66. The highest BCUT2D eigenvalue weighted by Crippen LogP contribution is 2.30. The van der Waals surface area contributed by atoms with E-state index in [1.165, 1.54) is 12.1 Å². The van der Waals surface area contributed by atoms with Crippen molar-refractivity contribution in [2.75, 3.05) is 0 Å². The van der Waals surface area contributed by atoms with Crippen LogP contribution in [0.25, 0.3) is 11.3 Å². The first-order valence-corrected chi connectivity index (χ1v) is 4.89. The van der Waals surface area contributed by atoms with E-state index in [1.54, 1.807) is 0 Å². The maximum Gasteiger partial charge on any atom is 0.174 e. The van der Waals surface area contributed by atoms with Crippen molar-refractivity contribution in [3.63, 3.8) is 0 Å². The van der Waals surface area contributed by atoms with Crippen molar-refractivity contribution in [2.24, 2.45) is 0 Å². The molecule has 0 radical (unpaired) electrons. The van der Waals surface area contributed by atoms with Gasteiger partial charge >= 0.3 is 0 Å². The van der Waals surface area contributed by atoms with E-state index in [0.29, 0.717) is 18.8 Å². The number of benzene rings is 1. The highest BCUT2D eigenvalue weighted by Gasteiger charge is 2.23. The number of hydrogen-bond acceptors (Lipinski definition) is 3. The first kappa shape index (κ1) is 9.47. The molecule has 0 atom stereocenters. The molecule has 3 rings (SSSR count). The molecule has 3 nitrogen and oxygen atoms in total. The van der Waals surface area contributed by atoms with Crippen molar-refractivity contribution >= 4 is 0 Å². The van der Waals surface area contributed by atoms with Gasteiger partial charge in [-0.2, -0.15) is 0 Å². The summed E-state index contributed by atoms with van der Waals surface area (Å²) in [6.45, 7) is 1.23. The Morgan fingerprint density at radius 3 is 2.94 bits per heavy atom. The molecular formula is C11H8F2N2O. The van der Waals surface area contributed by atoms with Gasteiger partial charge in [-0.15, -0.1) is 0 Å². The third-order valence-electron chi connectivity index (χ3n) is 2.64. The molecule has 5 heteroatoms. The fraction of sp³-hybridized carbons (Fsp3) is 0.182. The minimum absolute atomic E-state index is 0.249. The van der Waals surface area contributed by atoms with Gasteiger partial charge in [0.2, 0.25) is 0 Å². The van der Waals surface area contributed by atoms with E-state index < -0.39 is 11.6 Å². The normalized spacial score (nSPS) is 14.1. The van der Waals surface area contributed by atoms with E-state index in [1.807, 2.05) is 0 Å². The lowest BCUT2D eigenvalue weighted by Crippen LogP contribution is -2.02. The fourth-order valence-electron chi connectivity index (χ4n) is 1.85. The summed E-state index contributed by atoms with van der Waals surface area (Å²) in [5.74, 6) is -0.848. The fourth-order valence-corrected chi connectivity index (χ4v) is 1.85. The van der Waals surface area contributed by atoms with Crippen LogP contribution in [0.2, 0.25) is 0 Å². The van der Waals surface area contributed by atoms with Crippen molar-refractivity contribution < 1.29 is 13.3 Å². The van der Waals surface area contributed by atoms with Gasteiger partial charge in [0.05, 0.1) is 5.56 Å². The third-order valence-corrected chi connectivity index (χ3v) is 2.64. The monoisotopic (exact) mass is 222 g/mol. The Morgan fingerprint density at radius 2 is 2.12 bits per heavy atom. The van der Waals surface area contributed by atoms with Crippen LogP contribution in [-0.2, 0) is 13.1 Å². The Labute approximate surface area is 90.1 Å². The molecule has 0 saturated carbocycles. The zero-order valence-corrected chi connectivity index (χ0v) is 8.26. The van der Waals surface area contributed by atoms with Crippen LogP contribution < -0.4 is 5.32 Å². The minimum atomic E-state index is -0.633. The average Bonchev–Trinajstić information content (AvgIpc) is 2.80. The summed E-state index contributed by atoms with van der Waals surface area (Å²) in [4.78, 5) is 0. The van der Waals surface area contributed by atoms with E-state index in [2.05, 4.69) is 10.5 Å². The van der Waals surface area contributed by atoms with E-state index >= 15 is 0 Å². The number of nitrogens with zero attached hydrogens (tertiary/aromatic N) is 1. The van der Waals surface area contributed by atoms with Gasteiger partial charge in [0.1, 0.15) is 17.3 Å². The maximum absolute atomic E-state index is 13.5. The lowest BCUT2D eigenvalue weighted by atomic mass is 10.1. The van der Waals surface area contributed by atoms with Gasteiger partial charge in [-0.25, -0.2) is 8.78 Å². The van der Waals surface area contributed by atoms with Crippen molar-refractivity contribution in [2.45, 2.75) is 13.1 Å². The Balaban J connectivity index is 2.15. The number of rotatable bonds is 1. The van der Waals surface area contributed by atoms with Gasteiger partial charge in [0, 0.05) is 24.7 Å². The molecule has 0 spiro atoms. The van der Waals surface area contributed by atoms with Crippen LogP contribution >= 0.6 is 0 Å². The van der Waals surface area contributed by atoms with E-state index in [-0.39, 0.29) is 5.56 Å². The average molecular weight is 222 g/mol. The van der Waals surface area contributed by atoms with Gasteiger partial charge in [-0.3, -0.25) is 0 Å². The van der Waals surface area contributed by atoms with Crippen molar-refractivity contribution in [3.8, 4) is 11.3 Å². The molecule has 0 unspecified atom stereocenters. The van der Waals surface area contributed by atoms with Gasteiger partial charge in [0.15, 0.2) is 5.76 Å². The Kier molecular flexibility index (Phi) is 2.00. The molecule has 0 aliphatic carbocycles. The summed E-state index contributed by atoms with van der Waals surface area (Å²) in [5, 5.41) is 6.93. The van der Waals surface area contributed by atoms with Crippen LogP contribution in [0.3, 0.4) is 0 Å². The smallest absolute Gasteiger partial charge is 0.174 e. The van der Waals surface area contributed by atoms with Crippen molar-refractivity contribution in [1.82, 2.24) is 10.5 Å². The second-order valence-corrected chi connectivity index (χ2v) is 3.66. The Morgan fingerprint density at radius 1 is 1.25 bits per heavy atom. The summed E-state index contributed by atoms with van der Waals surface area (Å²) in [6.07, 6.45) is 0. The van der Waals surface area contributed by atoms with Crippen molar-refractivity contribution in [3.05, 3.63) is 41.1 Å². The molecule has 1 aliphatic rings. The molecule has 0 bridgehead atoms. The molecule has 1 N–H and O–H groups in total. The van der Waals surface area contributed by atoms with Crippen molar-refractivity contribution in [1.29, 1.82) is 0 Å². The molecule has 2 aromatic rings. The molecule has 82 valence electrons. The molecule has 2 heterocycles. The zero-order chi connectivity index (χ0) is 11.1. The Hall–Kier alpha value is -1.75. The minimum Gasteiger partial charge on any atom is -0.356 e. The third kappa shape index (κ3) is 1.32. The van der Waals surface area contributed by atoms with Gasteiger partial charge in [-0.1, -0.05) is 5.16 Å². The summed E-state index contributed by atoms with van der Waals surface area (Å²) in [7, 11) is 0. The predicted molar refractivity (Wildman–Crippen MR) is 52.4 cm³/mol. The number of nitrogens with one attached hydrogen (secondary N) is 1. The quantitative estimate of drug-likeness (QED) is 0.804. The molecule has 0 amide bonds. The lowest BCUT2D eigenvalue weighted by Gasteiger charge is -2.00. The molecule has 1 aromatic carbocycles. The first-order valence-electron chi connectivity index (χ1n) is 4.89. The summed E-state index contributed by atoms with van der Waals surface area (Å²) < 4.78 is 31.4. The maximum atomic E-state index is 13.5. The number of halogens is 2. The number of fused-ring (bicyclic) bond motifs is 1. The van der Waals surface area contributed by atoms with E-state index in [9.17, 15) is 8.78 Å². The number of hydrogen-bond donors (Lipinski definition) is 1. The van der Waals surface area contributed by atoms with E-state index in [4.69, 9.17) is 4.52 Å². The molecular weight excluding hydrogens is 214 g/mol. The van der Waals surface area contributed by atoms with Crippen LogP contribution in [0, 0.1) is 11.6 Å². The largest absolute Gasteiger partial charge is 0.356 e. The summed E-state index contributed by atoms with van der Waals surface area (Å²) in [5.41, 5.74) is 1.89. The molecule has 0 saturated heterocycles. The first-order chi connectivity index (χ1) is 7.75. The van der Waals surface area contributed by atoms with Gasteiger partial charge in [0.25, 0.3) is 0 Å². The standard InChI is InChI=1S/C11H8F2N2O/c12-6-1-2-7(9(13)3-6)11-8-4-14-5-10(8)15-16-11/h1-3,14H,4-5H2. The highest BCUT2D eigenvalue weighted by atomic mass is 19.1. The molecule has 0 fully saturated rings. The van der Waals surface area contributed by atoms with Crippen LogP contribution in [0.5, 0.6) is 0 Å². The summed E-state index contributed by atoms with van der Waals surface area (Å²) >= 11 is 0. The molecule has 1 aromatic heterocycles. The van der Waals surface area contributed by atoms with Gasteiger partial charge < -0.3 is 9.84 Å². The van der Waals surface area contributed by atoms with Crippen LogP contribution in [0.1, 0.15) is 11.3 Å². The zero-order valence-electron chi connectivity index (χ0n) is 8.26. The lowest BCUT2D eigenvalue weighted by molar-refractivity contribution is 0.415. The van der Waals surface area contributed by atoms with E-state index in [0.717, 1.165) is 17.3 Å².